The van der Waals surface area contributed by atoms with Crippen LogP contribution in [0.1, 0.15) is 93.9 Å². The summed E-state index contributed by atoms with van der Waals surface area (Å²) in [6, 6.07) is 6.13. The van der Waals surface area contributed by atoms with Crippen LogP contribution in [-0.2, 0) is 27.4 Å². The summed E-state index contributed by atoms with van der Waals surface area (Å²) >= 11 is 1.49. The molecule has 8 rings (SSSR count). The average Bonchev–Trinajstić information content (AvgIpc) is 3.84. The minimum atomic E-state index is -3.69. The topological polar surface area (TPSA) is 146 Å². The fourth-order valence-electron chi connectivity index (χ4n) is 7.91. The lowest BCUT2D eigenvalue weighted by Gasteiger charge is -2.35. The molecule has 1 N–H and O–H groups in total. The third-order valence-corrected chi connectivity index (χ3v) is 13.3. The molecule has 2 aliphatic heterocycles. The highest BCUT2D eigenvalue weighted by Gasteiger charge is 2.43. The second kappa shape index (κ2) is 12.2. The van der Waals surface area contributed by atoms with Crippen molar-refractivity contribution in [3.05, 3.63) is 59.3 Å². The Morgan fingerprint density at radius 2 is 1.98 bits per heavy atom. The zero-order chi connectivity index (χ0) is 34.1. The van der Waals surface area contributed by atoms with Gasteiger partial charge in [0.2, 0.25) is 11.8 Å². The third kappa shape index (κ3) is 5.93. The highest BCUT2D eigenvalue weighted by molar-refractivity contribution is 7.92. The quantitative estimate of drug-likeness (QED) is 0.174. The van der Waals surface area contributed by atoms with Crippen molar-refractivity contribution in [3.8, 4) is 21.9 Å². The van der Waals surface area contributed by atoms with Crippen molar-refractivity contribution >= 4 is 37.2 Å². The summed E-state index contributed by atoms with van der Waals surface area (Å²) in [7, 11) is -3.69. The van der Waals surface area contributed by atoms with Gasteiger partial charge in [0.25, 0.3) is 0 Å². The van der Waals surface area contributed by atoms with E-state index in [1.165, 1.54) is 16.9 Å². The standard InChI is InChI=1S/C36H41N7O4S2/c1-19(2)23-17-49(44,45)33-30(28-15-27-32(48-28)34(39-18-38-27)41-25-11-10-24-22(25)7-6-13-37-24)29(35-43-42-20(3)47-35)26(40-31(23)33)9-8-21-12-14-46-36(4,5)16-21/h6-7,13,15,18-19,21,23,25H,8-12,14,16-17H2,1-5H3,(H,38,39,41)/t21?,23?,25-/m0/s1. The van der Waals surface area contributed by atoms with E-state index in [2.05, 4.69) is 64.2 Å². The van der Waals surface area contributed by atoms with Crippen molar-refractivity contribution in [3.63, 3.8) is 0 Å². The maximum Gasteiger partial charge on any atom is 0.250 e. The van der Waals surface area contributed by atoms with Gasteiger partial charge in [0.1, 0.15) is 12.1 Å². The molecule has 0 bridgehead atoms. The summed E-state index contributed by atoms with van der Waals surface area (Å²) in [4.78, 5) is 20.1. The number of aromatic nitrogens is 6. The van der Waals surface area contributed by atoms with Crippen LogP contribution in [0.2, 0.25) is 0 Å². The van der Waals surface area contributed by atoms with Crippen molar-refractivity contribution in [2.75, 3.05) is 17.7 Å². The molecule has 0 spiro atoms. The average molecular weight is 700 g/mol. The molecule has 0 amide bonds. The van der Waals surface area contributed by atoms with E-state index in [9.17, 15) is 8.42 Å². The van der Waals surface area contributed by atoms with Crippen molar-refractivity contribution in [2.24, 2.45) is 11.8 Å². The van der Waals surface area contributed by atoms with E-state index in [0.29, 0.717) is 40.9 Å². The summed E-state index contributed by atoms with van der Waals surface area (Å²) in [5.74, 6) is 1.74. The van der Waals surface area contributed by atoms with Gasteiger partial charge in [0.15, 0.2) is 9.84 Å². The molecular weight excluding hydrogens is 659 g/mol. The van der Waals surface area contributed by atoms with Gasteiger partial charge in [-0.05, 0) is 81.9 Å². The van der Waals surface area contributed by atoms with Gasteiger partial charge in [-0.15, -0.1) is 21.5 Å². The molecule has 1 saturated heterocycles. The van der Waals surface area contributed by atoms with Crippen molar-refractivity contribution in [1.82, 2.24) is 30.1 Å². The molecular formula is C36H41N7O4S2. The van der Waals surface area contributed by atoms with Crippen LogP contribution in [0.5, 0.6) is 0 Å². The van der Waals surface area contributed by atoms with E-state index in [0.717, 1.165) is 65.2 Å². The summed E-state index contributed by atoms with van der Waals surface area (Å²) in [5, 5.41) is 12.3. The van der Waals surface area contributed by atoms with E-state index in [4.69, 9.17) is 14.1 Å². The number of aryl methyl sites for hydroxylation is 3. The molecule has 49 heavy (non-hydrogen) atoms. The predicted molar refractivity (Wildman–Crippen MR) is 188 cm³/mol. The number of nitrogens with zero attached hydrogens (tertiary/aromatic N) is 6. The Bertz CT molecular complexity index is 2180. The molecule has 0 aromatic carbocycles. The first-order valence-electron chi connectivity index (χ1n) is 17.2. The second-order valence-corrected chi connectivity index (χ2v) is 17.6. The Hall–Kier alpha value is -3.81. The minimum absolute atomic E-state index is 0.0204. The number of anilines is 1. The van der Waals surface area contributed by atoms with Gasteiger partial charge < -0.3 is 14.5 Å². The molecule has 1 fully saturated rings. The normalized spacial score (nSPS) is 22.4. The number of ether oxygens (including phenoxy) is 1. The second-order valence-electron chi connectivity index (χ2n) is 14.6. The van der Waals surface area contributed by atoms with E-state index < -0.39 is 9.84 Å². The van der Waals surface area contributed by atoms with E-state index >= 15 is 0 Å². The molecule has 5 aromatic rings. The molecule has 256 valence electrons. The van der Waals surface area contributed by atoms with Gasteiger partial charge in [-0.1, -0.05) is 19.9 Å². The van der Waals surface area contributed by atoms with Crippen LogP contribution in [0.25, 0.3) is 32.1 Å². The highest BCUT2D eigenvalue weighted by atomic mass is 32.2. The number of hydrogen-bond donors (Lipinski definition) is 1. The summed E-state index contributed by atoms with van der Waals surface area (Å²) in [6.07, 6.45) is 8.68. The monoisotopic (exact) mass is 699 g/mol. The number of hydrogen-bond acceptors (Lipinski definition) is 12. The zero-order valence-corrected chi connectivity index (χ0v) is 30.1. The van der Waals surface area contributed by atoms with E-state index in [1.807, 2.05) is 18.3 Å². The fraction of sp³-hybridized carbons (Fsp3) is 0.500. The van der Waals surface area contributed by atoms with Gasteiger partial charge in [0.05, 0.1) is 49.5 Å². The van der Waals surface area contributed by atoms with Gasteiger partial charge in [0, 0.05) is 41.8 Å². The lowest BCUT2D eigenvalue weighted by Crippen LogP contribution is -2.34. The fourth-order valence-corrected chi connectivity index (χ4v) is 11.3. The predicted octanol–water partition coefficient (Wildman–Crippen LogP) is 7.27. The molecule has 3 aliphatic rings. The molecule has 0 saturated carbocycles. The van der Waals surface area contributed by atoms with Gasteiger partial charge in [-0.2, -0.15) is 0 Å². The Balaban J connectivity index is 1.30. The number of rotatable bonds is 8. The maximum atomic E-state index is 14.2. The summed E-state index contributed by atoms with van der Waals surface area (Å²) < 4.78 is 41.4. The number of sulfone groups is 1. The lowest BCUT2D eigenvalue weighted by molar-refractivity contribution is -0.0734. The van der Waals surface area contributed by atoms with Gasteiger partial charge in [-0.25, -0.2) is 18.4 Å². The van der Waals surface area contributed by atoms with Crippen molar-refractivity contribution in [1.29, 1.82) is 0 Å². The van der Waals surface area contributed by atoms with Crippen molar-refractivity contribution in [2.45, 2.75) is 95.6 Å². The Morgan fingerprint density at radius 1 is 1.12 bits per heavy atom. The van der Waals surface area contributed by atoms with Crippen LogP contribution < -0.4 is 5.32 Å². The number of nitrogens with one attached hydrogen (secondary N) is 1. The molecule has 11 nitrogen and oxygen atoms in total. The molecule has 7 heterocycles. The lowest BCUT2D eigenvalue weighted by atomic mass is 9.84. The Morgan fingerprint density at radius 3 is 2.76 bits per heavy atom. The van der Waals surface area contributed by atoms with Crippen LogP contribution in [0, 0.1) is 18.8 Å². The Labute approximate surface area is 290 Å². The SMILES string of the molecule is Cc1nnc(-c2c(CCC3CCOC(C)(C)C3)nc3c(c2-c2cc4ncnc(N[C@H]5CCc6ncccc65)c4s2)S(=O)(=O)CC3C(C)C)o1. The van der Waals surface area contributed by atoms with Crippen LogP contribution in [0.4, 0.5) is 5.82 Å². The number of fused-ring (bicyclic) bond motifs is 3. The van der Waals surface area contributed by atoms with E-state index in [-0.39, 0.29) is 40.0 Å². The molecule has 0 radical (unpaired) electrons. The molecule has 3 atom stereocenters. The zero-order valence-electron chi connectivity index (χ0n) is 28.5. The van der Waals surface area contributed by atoms with Crippen LogP contribution in [0.15, 0.2) is 40.0 Å². The first kappa shape index (κ1) is 32.4. The number of pyridine rings is 2. The first-order valence-corrected chi connectivity index (χ1v) is 19.6. The summed E-state index contributed by atoms with van der Waals surface area (Å²) in [5.41, 5.74) is 5.46. The molecule has 13 heteroatoms. The Kier molecular flexibility index (Phi) is 8.07. The van der Waals surface area contributed by atoms with Crippen molar-refractivity contribution < 1.29 is 17.6 Å². The summed E-state index contributed by atoms with van der Waals surface area (Å²) in [6.45, 7) is 10.9. The van der Waals surface area contributed by atoms with E-state index in [1.54, 1.807) is 13.3 Å². The van der Waals surface area contributed by atoms with Crippen LogP contribution in [-0.4, -0.2) is 56.5 Å². The smallest absolute Gasteiger partial charge is 0.250 e. The molecule has 1 aliphatic carbocycles. The largest absolute Gasteiger partial charge is 0.421 e. The molecule has 5 aromatic heterocycles. The molecule has 2 unspecified atom stereocenters. The van der Waals surface area contributed by atoms with Gasteiger partial charge >= 0.3 is 0 Å². The van der Waals surface area contributed by atoms with Crippen LogP contribution >= 0.6 is 11.3 Å². The van der Waals surface area contributed by atoms with Crippen LogP contribution in [0.3, 0.4) is 0 Å². The maximum absolute atomic E-state index is 14.2. The number of thiophene rings is 1. The highest BCUT2D eigenvalue weighted by Crippen LogP contribution is 2.51. The third-order valence-electron chi connectivity index (χ3n) is 10.3. The van der Waals surface area contributed by atoms with Gasteiger partial charge in [-0.3, -0.25) is 9.97 Å². The first-order chi connectivity index (χ1) is 23.5. The minimum Gasteiger partial charge on any atom is -0.421 e.